The van der Waals surface area contributed by atoms with Gasteiger partial charge in [0.2, 0.25) is 0 Å². The number of nitriles is 1. The van der Waals surface area contributed by atoms with Gasteiger partial charge in [-0.15, -0.1) is 0 Å². The van der Waals surface area contributed by atoms with Crippen LogP contribution in [0.15, 0.2) is 18.2 Å². The third-order valence-electron chi connectivity index (χ3n) is 2.85. The molecule has 0 radical (unpaired) electrons. The molecule has 4 nitrogen and oxygen atoms in total. The van der Waals surface area contributed by atoms with Crippen LogP contribution in [-0.2, 0) is 11.0 Å². The average molecular weight is 300 g/mol. The summed E-state index contributed by atoms with van der Waals surface area (Å²) in [6.45, 7) is 0.472. The van der Waals surface area contributed by atoms with Gasteiger partial charge in [0.25, 0.3) is 0 Å². The number of unbranched alkanes of at least 4 members (excludes halogenated alkanes) is 2. The van der Waals surface area contributed by atoms with Gasteiger partial charge in [-0.25, -0.2) is 0 Å². The van der Waals surface area contributed by atoms with Crippen LogP contribution in [0.4, 0.5) is 18.9 Å². The lowest BCUT2D eigenvalue weighted by Gasteiger charge is -2.11. The molecule has 0 saturated heterocycles. The standard InChI is InChI=1S/C14H15F3N2O2/c15-14(16,17)11-5-6-12(10(8-11)9-18)19-7-3-1-2-4-13(20)21/h5-6,8,19H,1-4,7H2,(H,20,21). The number of nitrogens with one attached hydrogen (secondary N) is 1. The zero-order chi connectivity index (χ0) is 15.9. The van der Waals surface area contributed by atoms with E-state index in [9.17, 15) is 18.0 Å². The van der Waals surface area contributed by atoms with Gasteiger partial charge in [-0.3, -0.25) is 4.79 Å². The lowest BCUT2D eigenvalue weighted by molar-refractivity contribution is -0.138. The molecule has 114 valence electrons. The summed E-state index contributed by atoms with van der Waals surface area (Å²) in [6.07, 6.45) is -2.44. The van der Waals surface area contributed by atoms with Gasteiger partial charge in [-0.1, -0.05) is 6.42 Å². The highest BCUT2D eigenvalue weighted by Gasteiger charge is 2.30. The van der Waals surface area contributed by atoms with Crippen LogP contribution in [0.1, 0.15) is 36.8 Å². The Morgan fingerprint density at radius 2 is 2.00 bits per heavy atom. The molecular formula is C14H15F3N2O2. The Labute approximate surface area is 120 Å². The highest BCUT2D eigenvalue weighted by atomic mass is 19.4. The first-order chi connectivity index (χ1) is 9.84. The second kappa shape index (κ2) is 7.53. The van der Waals surface area contributed by atoms with E-state index in [1.807, 2.05) is 0 Å². The van der Waals surface area contributed by atoms with Gasteiger partial charge < -0.3 is 10.4 Å². The number of carbonyl (C=O) groups is 1. The molecule has 0 spiro atoms. The summed E-state index contributed by atoms with van der Waals surface area (Å²) in [5.41, 5.74) is -0.565. The minimum absolute atomic E-state index is 0.0599. The summed E-state index contributed by atoms with van der Waals surface area (Å²) in [5.74, 6) is -0.850. The third-order valence-corrected chi connectivity index (χ3v) is 2.85. The first-order valence-corrected chi connectivity index (χ1v) is 6.41. The number of hydrogen-bond donors (Lipinski definition) is 2. The van der Waals surface area contributed by atoms with Crippen molar-refractivity contribution >= 4 is 11.7 Å². The maximum atomic E-state index is 12.5. The fraction of sp³-hybridized carbons (Fsp3) is 0.429. The maximum Gasteiger partial charge on any atom is 0.416 e. The van der Waals surface area contributed by atoms with Crippen LogP contribution in [-0.4, -0.2) is 17.6 Å². The quantitative estimate of drug-likeness (QED) is 0.754. The van der Waals surface area contributed by atoms with E-state index in [1.54, 1.807) is 6.07 Å². The molecule has 7 heteroatoms. The predicted molar refractivity (Wildman–Crippen MR) is 70.8 cm³/mol. The minimum Gasteiger partial charge on any atom is -0.481 e. The molecule has 21 heavy (non-hydrogen) atoms. The number of rotatable bonds is 7. The normalized spacial score (nSPS) is 11.0. The number of hydrogen-bond acceptors (Lipinski definition) is 3. The number of alkyl halides is 3. The molecule has 0 saturated carbocycles. The molecule has 0 unspecified atom stereocenters. The van der Waals surface area contributed by atoms with E-state index in [-0.39, 0.29) is 12.0 Å². The Balaban J connectivity index is 2.52. The minimum atomic E-state index is -4.47. The van der Waals surface area contributed by atoms with E-state index in [0.29, 0.717) is 31.5 Å². The van der Waals surface area contributed by atoms with Crippen molar-refractivity contribution in [3.63, 3.8) is 0 Å². The molecule has 2 N–H and O–H groups in total. The van der Waals surface area contributed by atoms with Gasteiger partial charge in [0.05, 0.1) is 16.8 Å². The van der Waals surface area contributed by atoms with E-state index in [4.69, 9.17) is 10.4 Å². The summed E-state index contributed by atoms with van der Waals surface area (Å²) in [6, 6.07) is 4.71. The van der Waals surface area contributed by atoms with Crippen LogP contribution in [0.2, 0.25) is 0 Å². The van der Waals surface area contributed by atoms with E-state index < -0.39 is 17.7 Å². The second-order valence-electron chi connectivity index (χ2n) is 4.50. The molecule has 0 fully saturated rings. The SMILES string of the molecule is N#Cc1cc(C(F)(F)F)ccc1NCCCCCC(=O)O. The molecule has 1 rings (SSSR count). The van der Waals surface area contributed by atoms with Gasteiger partial charge in [-0.2, -0.15) is 18.4 Å². The molecular weight excluding hydrogens is 285 g/mol. The van der Waals surface area contributed by atoms with Crippen molar-refractivity contribution in [3.8, 4) is 6.07 Å². The van der Waals surface area contributed by atoms with Gasteiger partial charge in [0, 0.05) is 13.0 Å². The molecule has 1 aromatic carbocycles. The van der Waals surface area contributed by atoms with E-state index >= 15 is 0 Å². The fourth-order valence-electron chi connectivity index (χ4n) is 1.77. The lowest BCUT2D eigenvalue weighted by atomic mass is 10.1. The third kappa shape index (κ3) is 5.73. The number of nitrogens with zero attached hydrogens (tertiary/aromatic N) is 1. The Morgan fingerprint density at radius 3 is 2.57 bits per heavy atom. The van der Waals surface area contributed by atoms with Crippen molar-refractivity contribution in [2.24, 2.45) is 0 Å². The first kappa shape index (κ1) is 16.8. The molecule has 0 heterocycles. The molecule has 1 aromatic rings. The van der Waals surface area contributed by atoms with Crippen molar-refractivity contribution in [2.45, 2.75) is 31.9 Å². The van der Waals surface area contributed by atoms with Crippen LogP contribution >= 0.6 is 0 Å². The van der Waals surface area contributed by atoms with Crippen molar-refractivity contribution < 1.29 is 23.1 Å². The number of carboxylic acid groups (broad SMARTS) is 1. The van der Waals surface area contributed by atoms with Crippen LogP contribution in [0.25, 0.3) is 0 Å². The van der Waals surface area contributed by atoms with Gasteiger partial charge in [-0.05, 0) is 31.0 Å². The van der Waals surface area contributed by atoms with Crippen molar-refractivity contribution in [1.29, 1.82) is 5.26 Å². The highest BCUT2D eigenvalue weighted by Crippen LogP contribution is 2.31. The van der Waals surface area contributed by atoms with Gasteiger partial charge >= 0.3 is 12.1 Å². The predicted octanol–water partition coefficient (Wildman–Crippen LogP) is 3.63. The summed E-state index contributed by atoms with van der Waals surface area (Å²) in [5, 5.41) is 20.2. The molecule has 0 bridgehead atoms. The fourth-order valence-corrected chi connectivity index (χ4v) is 1.77. The summed E-state index contributed by atoms with van der Waals surface area (Å²) < 4.78 is 37.5. The smallest absolute Gasteiger partial charge is 0.416 e. The zero-order valence-corrected chi connectivity index (χ0v) is 11.2. The number of aliphatic carboxylic acids is 1. The van der Waals surface area contributed by atoms with Crippen molar-refractivity contribution in [2.75, 3.05) is 11.9 Å². The number of halogens is 3. The molecule has 0 aliphatic heterocycles. The number of carboxylic acids is 1. The van der Waals surface area contributed by atoms with Crippen LogP contribution in [0.5, 0.6) is 0 Å². The molecule has 0 aliphatic carbocycles. The lowest BCUT2D eigenvalue weighted by Crippen LogP contribution is -2.08. The van der Waals surface area contributed by atoms with E-state index in [0.717, 1.165) is 12.1 Å². The van der Waals surface area contributed by atoms with Crippen molar-refractivity contribution in [3.05, 3.63) is 29.3 Å². The second-order valence-corrected chi connectivity index (χ2v) is 4.50. The summed E-state index contributed by atoms with van der Waals surface area (Å²) in [7, 11) is 0. The number of anilines is 1. The summed E-state index contributed by atoms with van der Waals surface area (Å²) >= 11 is 0. The Hall–Kier alpha value is -2.23. The topological polar surface area (TPSA) is 73.1 Å². The molecule has 0 aromatic heterocycles. The Kier molecular flexibility index (Phi) is 6.03. The van der Waals surface area contributed by atoms with Gasteiger partial charge in [0.15, 0.2) is 0 Å². The van der Waals surface area contributed by atoms with Crippen LogP contribution in [0.3, 0.4) is 0 Å². The molecule has 0 aliphatic rings. The van der Waals surface area contributed by atoms with E-state index in [1.165, 1.54) is 6.07 Å². The zero-order valence-electron chi connectivity index (χ0n) is 11.2. The molecule has 0 amide bonds. The molecule has 0 atom stereocenters. The monoisotopic (exact) mass is 300 g/mol. The maximum absolute atomic E-state index is 12.5. The van der Waals surface area contributed by atoms with Crippen molar-refractivity contribution in [1.82, 2.24) is 0 Å². The Bertz CT molecular complexity index is 536. The first-order valence-electron chi connectivity index (χ1n) is 6.41. The van der Waals surface area contributed by atoms with Crippen LogP contribution in [0, 0.1) is 11.3 Å². The highest BCUT2D eigenvalue weighted by molar-refractivity contribution is 5.66. The van der Waals surface area contributed by atoms with Gasteiger partial charge in [0.1, 0.15) is 6.07 Å². The largest absolute Gasteiger partial charge is 0.481 e. The van der Waals surface area contributed by atoms with E-state index in [2.05, 4.69) is 5.32 Å². The summed E-state index contributed by atoms with van der Waals surface area (Å²) in [4.78, 5) is 10.3. The number of benzene rings is 1. The van der Waals surface area contributed by atoms with Crippen LogP contribution < -0.4 is 5.32 Å². The average Bonchev–Trinajstić information content (AvgIpc) is 2.41. The Morgan fingerprint density at radius 1 is 1.29 bits per heavy atom.